The maximum Gasteiger partial charge on any atom is 0.0790 e. The largest absolute Gasteiger partial charge is 0.399 e. The first-order valence-corrected chi connectivity index (χ1v) is 6.88. The lowest BCUT2D eigenvalue weighted by Gasteiger charge is -2.27. The summed E-state index contributed by atoms with van der Waals surface area (Å²) in [4.78, 5) is 2.10. The van der Waals surface area contributed by atoms with Gasteiger partial charge >= 0.3 is 0 Å². The van der Waals surface area contributed by atoms with Crippen LogP contribution in [-0.2, 0) is 0 Å². The second kappa shape index (κ2) is 5.72. The summed E-state index contributed by atoms with van der Waals surface area (Å²) < 4.78 is 0. The molecule has 0 atom stereocenters. The molecule has 100 valence electrons. The van der Waals surface area contributed by atoms with Crippen molar-refractivity contribution in [2.45, 2.75) is 13.8 Å². The number of benzene rings is 2. The Morgan fingerprint density at radius 3 is 2.21 bits per heavy atom. The zero-order chi connectivity index (χ0) is 14.0. The van der Waals surface area contributed by atoms with Gasteiger partial charge in [-0.2, -0.15) is 0 Å². The number of halogens is 2. The van der Waals surface area contributed by atoms with Gasteiger partial charge in [0, 0.05) is 17.9 Å². The standard InChI is InChI=1S/C15H16Cl2N2/c1-3-19(14-7-5-4-6-10(14)2)15-12(16)8-11(18)9-13(15)17/h4-9H,3,18H2,1-2H3. The van der Waals surface area contributed by atoms with Crippen LogP contribution in [0.3, 0.4) is 0 Å². The summed E-state index contributed by atoms with van der Waals surface area (Å²) in [5.74, 6) is 0. The van der Waals surface area contributed by atoms with Gasteiger partial charge in [-0.15, -0.1) is 0 Å². The first-order chi connectivity index (χ1) is 9.04. The Morgan fingerprint density at radius 1 is 1.11 bits per heavy atom. The molecule has 2 N–H and O–H groups in total. The number of anilines is 3. The fourth-order valence-corrected chi connectivity index (χ4v) is 2.87. The Labute approximate surface area is 123 Å². The van der Waals surface area contributed by atoms with Crippen molar-refractivity contribution in [2.24, 2.45) is 0 Å². The fraction of sp³-hybridized carbons (Fsp3) is 0.200. The SMILES string of the molecule is CCN(c1ccccc1C)c1c(Cl)cc(N)cc1Cl. The Bertz CT molecular complexity index is 573. The highest BCUT2D eigenvalue weighted by molar-refractivity contribution is 6.39. The molecule has 0 aliphatic carbocycles. The molecule has 0 bridgehead atoms. The van der Waals surface area contributed by atoms with E-state index in [1.165, 1.54) is 5.56 Å². The van der Waals surface area contributed by atoms with Gasteiger partial charge in [0.25, 0.3) is 0 Å². The van der Waals surface area contributed by atoms with Crippen molar-refractivity contribution in [3.05, 3.63) is 52.0 Å². The average molecular weight is 295 g/mol. The van der Waals surface area contributed by atoms with Crippen molar-refractivity contribution < 1.29 is 0 Å². The number of rotatable bonds is 3. The summed E-state index contributed by atoms with van der Waals surface area (Å²) in [6.45, 7) is 4.90. The second-order valence-corrected chi connectivity index (χ2v) is 5.18. The van der Waals surface area contributed by atoms with Crippen molar-refractivity contribution in [3.8, 4) is 0 Å². The van der Waals surface area contributed by atoms with E-state index in [1.54, 1.807) is 12.1 Å². The van der Waals surface area contributed by atoms with E-state index in [-0.39, 0.29) is 0 Å². The van der Waals surface area contributed by atoms with E-state index < -0.39 is 0 Å². The Morgan fingerprint density at radius 2 is 1.68 bits per heavy atom. The van der Waals surface area contributed by atoms with Crippen LogP contribution in [0.25, 0.3) is 0 Å². The minimum Gasteiger partial charge on any atom is -0.399 e. The van der Waals surface area contributed by atoms with Gasteiger partial charge in [0.1, 0.15) is 0 Å². The first kappa shape index (κ1) is 14.0. The van der Waals surface area contributed by atoms with Crippen molar-refractivity contribution in [1.29, 1.82) is 0 Å². The molecule has 0 amide bonds. The Kier molecular flexibility index (Phi) is 4.23. The third-order valence-corrected chi connectivity index (χ3v) is 3.61. The van der Waals surface area contributed by atoms with Gasteiger partial charge < -0.3 is 10.6 Å². The van der Waals surface area contributed by atoms with Crippen LogP contribution in [0, 0.1) is 6.92 Å². The molecule has 19 heavy (non-hydrogen) atoms. The van der Waals surface area contributed by atoms with Crippen LogP contribution in [-0.4, -0.2) is 6.54 Å². The number of hydrogen-bond donors (Lipinski definition) is 1. The molecule has 0 aliphatic heterocycles. The van der Waals surface area contributed by atoms with Crippen LogP contribution in [0.4, 0.5) is 17.1 Å². The van der Waals surface area contributed by atoms with E-state index in [4.69, 9.17) is 28.9 Å². The average Bonchev–Trinajstić information content (AvgIpc) is 2.34. The van der Waals surface area contributed by atoms with E-state index >= 15 is 0 Å². The van der Waals surface area contributed by atoms with E-state index in [9.17, 15) is 0 Å². The number of nitrogen functional groups attached to an aromatic ring is 1. The number of nitrogens with zero attached hydrogens (tertiary/aromatic N) is 1. The molecule has 2 rings (SSSR count). The minimum absolute atomic E-state index is 0.565. The molecule has 4 heteroatoms. The number of aryl methyl sites for hydroxylation is 1. The van der Waals surface area contributed by atoms with Crippen molar-refractivity contribution in [2.75, 3.05) is 17.2 Å². The van der Waals surface area contributed by atoms with Crippen LogP contribution < -0.4 is 10.6 Å². The van der Waals surface area contributed by atoms with Gasteiger partial charge in [0.15, 0.2) is 0 Å². The molecule has 0 aliphatic rings. The van der Waals surface area contributed by atoms with Crippen LogP contribution >= 0.6 is 23.2 Å². The van der Waals surface area contributed by atoms with Crippen LogP contribution in [0.1, 0.15) is 12.5 Å². The molecule has 2 aromatic carbocycles. The number of nitrogens with two attached hydrogens (primary N) is 1. The molecule has 0 heterocycles. The molecular weight excluding hydrogens is 279 g/mol. The van der Waals surface area contributed by atoms with Crippen molar-refractivity contribution in [3.63, 3.8) is 0 Å². The predicted molar refractivity (Wildman–Crippen MR) is 84.7 cm³/mol. The van der Waals surface area contributed by atoms with Crippen molar-refractivity contribution in [1.82, 2.24) is 0 Å². The van der Waals surface area contributed by atoms with E-state index in [1.807, 2.05) is 12.1 Å². The predicted octanol–water partition coefficient (Wildman–Crippen LogP) is 5.04. The molecule has 0 unspecified atom stereocenters. The summed E-state index contributed by atoms with van der Waals surface area (Å²) in [7, 11) is 0. The second-order valence-electron chi connectivity index (χ2n) is 4.36. The molecule has 0 fully saturated rings. The fourth-order valence-electron chi connectivity index (χ4n) is 2.16. The monoisotopic (exact) mass is 294 g/mol. The lowest BCUT2D eigenvalue weighted by Crippen LogP contribution is -2.18. The molecule has 0 aromatic heterocycles. The molecule has 0 saturated carbocycles. The number of hydrogen-bond acceptors (Lipinski definition) is 2. The van der Waals surface area contributed by atoms with Crippen LogP contribution in [0.15, 0.2) is 36.4 Å². The Balaban J connectivity index is 2.58. The summed E-state index contributed by atoms with van der Waals surface area (Å²) >= 11 is 12.6. The molecule has 0 saturated heterocycles. The third kappa shape index (κ3) is 2.80. The van der Waals surface area contributed by atoms with Crippen LogP contribution in [0.5, 0.6) is 0 Å². The summed E-state index contributed by atoms with van der Waals surface area (Å²) in [5, 5.41) is 1.13. The van der Waals surface area contributed by atoms with Gasteiger partial charge in [0.2, 0.25) is 0 Å². The Hall–Kier alpha value is -1.38. The first-order valence-electron chi connectivity index (χ1n) is 6.12. The lowest BCUT2D eigenvalue weighted by atomic mass is 10.1. The molecule has 2 nitrogen and oxygen atoms in total. The van der Waals surface area contributed by atoms with Crippen LogP contribution in [0.2, 0.25) is 10.0 Å². The molecular formula is C15H16Cl2N2. The zero-order valence-electron chi connectivity index (χ0n) is 11.0. The van der Waals surface area contributed by atoms with Gasteiger partial charge in [-0.25, -0.2) is 0 Å². The van der Waals surface area contributed by atoms with Gasteiger partial charge in [-0.1, -0.05) is 41.4 Å². The summed E-state index contributed by atoms with van der Waals surface area (Å²) in [6, 6.07) is 11.6. The normalized spacial score (nSPS) is 10.5. The minimum atomic E-state index is 0.565. The maximum absolute atomic E-state index is 6.30. The third-order valence-electron chi connectivity index (χ3n) is 3.03. The van der Waals surface area contributed by atoms with E-state index in [2.05, 4.69) is 30.9 Å². The van der Waals surface area contributed by atoms with Gasteiger partial charge in [0.05, 0.1) is 15.7 Å². The highest BCUT2D eigenvalue weighted by atomic mass is 35.5. The highest BCUT2D eigenvalue weighted by Crippen LogP contribution is 2.40. The smallest absolute Gasteiger partial charge is 0.0790 e. The number of para-hydroxylation sites is 1. The van der Waals surface area contributed by atoms with E-state index in [0.29, 0.717) is 15.7 Å². The summed E-state index contributed by atoms with van der Waals surface area (Å²) in [6.07, 6.45) is 0. The zero-order valence-corrected chi connectivity index (χ0v) is 12.5. The lowest BCUT2D eigenvalue weighted by molar-refractivity contribution is 1.02. The van der Waals surface area contributed by atoms with Gasteiger partial charge in [-0.3, -0.25) is 0 Å². The topological polar surface area (TPSA) is 29.3 Å². The highest BCUT2D eigenvalue weighted by Gasteiger charge is 2.16. The van der Waals surface area contributed by atoms with Gasteiger partial charge in [-0.05, 0) is 37.6 Å². The van der Waals surface area contributed by atoms with Crippen molar-refractivity contribution >= 4 is 40.3 Å². The molecule has 0 radical (unpaired) electrons. The quantitative estimate of drug-likeness (QED) is 0.803. The summed E-state index contributed by atoms with van der Waals surface area (Å²) in [5.41, 5.74) is 9.39. The van der Waals surface area contributed by atoms with E-state index in [0.717, 1.165) is 17.9 Å². The molecule has 2 aromatic rings. The molecule has 0 spiro atoms. The maximum atomic E-state index is 6.30.